The second-order valence-electron chi connectivity index (χ2n) is 4.52. The van der Waals surface area contributed by atoms with Crippen molar-refractivity contribution >= 4 is 5.69 Å². The van der Waals surface area contributed by atoms with E-state index < -0.39 is 0 Å². The lowest BCUT2D eigenvalue weighted by Gasteiger charge is -2.13. The van der Waals surface area contributed by atoms with E-state index in [1.54, 1.807) is 12.1 Å². The molecule has 3 heteroatoms. The minimum absolute atomic E-state index is 0.113. The third-order valence-electron chi connectivity index (χ3n) is 2.94. The van der Waals surface area contributed by atoms with Gasteiger partial charge in [-0.25, -0.2) is 0 Å². The van der Waals surface area contributed by atoms with Gasteiger partial charge in [-0.3, -0.25) is 10.1 Å². The molecule has 0 aliphatic heterocycles. The van der Waals surface area contributed by atoms with E-state index in [0.29, 0.717) is 0 Å². The molecule has 0 amide bonds. The second kappa shape index (κ2) is 5.00. The van der Waals surface area contributed by atoms with Crippen molar-refractivity contribution in [2.45, 2.75) is 19.8 Å². The van der Waals surface area contributed by atoms with Crippen LogP contribution < -0.4 is 0 Å². The molecular weight excluding hydrogens is 226 g/mol. The third kappa shape index (κ3) is 2.25. The summed E-state index contributed by atoms with van der Waals surface area (Å²) < 4.78 is 0. The van der Waals surface area contributed by atoms with Gasteiger partial charge < -0.3 is 0 Å². The fourth-order valence-corrected chi connectivity index (χ4v) is 2.19. The fourth-order valence-electron chi connectivity index (χ4n) is 2.19. The van der Waals surface area contributed by atoms with Crippen molar-refractivity contribution in [3.05, 3.63) is 64.2 Å². The highest BCUT2D eigenvalue weighted by molar-refractivity contribution is 5.72. The third-order valence-corrected chi connectivity index (χ3v) is 2.94. The molecule has 0 aliphatic rings. The van der Waals surface area contributed by atoms with E-state index in [2.05, 4.69) is 0 Å². The lowest BCUT2D eigenvalue weighted by molar-refractivity contribution is -0.385. The van der Waals surface area contributed by atoms with Gasteiger partial charge in [0.05, 0.1) is 4.92 Å². The van der Waals surface area contributed by atoms with Crippen molar-refractivity contribution in [1.82, 2.24) is 0 Å². The first-order chi connectivity index (χ1) is 8.61. The molecule has 0 atom stereocenters. The second-order valence-corrected chi connectivity index (χ2v) is 4.52. The van der Waals surface area contributed by atoms with Crippen molar-refractivity contribution in [2.24, 2.45) is 0 Å². The highest BCUT2D eigenvalue weighted by Crippen LogP contribution is 2.35. The van der Waals surface area contributed by atoms with Gasteiger partial charge in [-0.1, -0.05) is 56.3 Å². The molecule has 0 saturated heterocycles. The average molecular weight is 241 g/mol. The molecule has 0 N–H and O–H groups in total. The SMILES string of the molecule is CC(C)c1c(-c2ccccc2)cccc1[N+](=O)[O-]. The molecule has 0 unspecified atom stereocenters. The van der Waals surface area contributed by atoms with Crippen LogP contribution in [0, 0.1) is 10.1 Å². The Morgan fingerprint density at radius 3 is 2.22 bits per heavy atom. The normalized spacial score (nSPS) is 10.6. The molecule has 0 aliphatic carbocycles. The Morgan fingerprint density at radius 2 is 1.67 bits per heavy atom. The van der Waals surface area contributed by atoms with Gasteiger partial charge in [0.25, 0.3) is 5.69 Å². The maximum absolute atomic E-state index is 11.1. The Bertz CT molecular complexity index is 562. The maximum Gasteiger partial charge on any atom is 0.273 e. The number of rotatable bonds is 3. The summed E-state index contributed by atoms with van der Waals surface area (Å²) in [5.74, 6) is 0.113. The van der Waals surface area contributed by atoms with Crippen LogP contribution in [0.15, 0.2) is 48.5 Å². The van der Waals surface area contributed by atoms with Gasteiger partial charge in [0.15, 0.2) is 0 Å². The lowest BCUT2D eigenvalue weighted by Crippen LogP contribution is -1.99. The standard InChI is InChI=1S/C15H15NO2/c1-11(2)15-13(12-7-4-3-5-8-12)9-6-10-14(15)16(17)18/h3-11H,1-2H3. The Hall–Kier alpha value is -2.16. The van der Waals surface area contributed by atoms with Crippen molar-refractivity contribution in [3.63, 3.8) is 0 Å². The first-order valence-electron chi connectivity index (χ1n) is 5.94. The summed E-state index contributed by atoms with van der Waals surface area (Å²) in [6.45, 7) is 3.96. The Labute approximate surface area is 106 Å². The Morgan fingerprint density at radius 1 is 1.00 bits per heavy atom. The van der Waals surface area contributed by atoms with Gasteiger partial charge >= 0.3 is 0 Å². The van der Waals surface area contributed by atoms with Crippen LogP contribution in [0.1, 0.15) is 25.3 Å². The molecule has 0 aromatic heterocycles. The van der Waals surface area contributed by atoms with Crippen LogP contribution in [0.2, 0.25) is 0 Å². The summed E-state index contributed by atoms with van der Waals surface area (Å²) in [5, 5.41) is 11.1. The Kier molecular flexibility index (Phi) is 3.42. The predicted molar refractivity (Wildman–Crippen MR) is 72.6 cm³/mol. The number of hydrogen-bond acceptors (Lipinski definition) is 2. The van der Waals surface area contributed by atoms with Crippen LogP contribution in [0.3, 0.4) is 0 Å². The molecule has 0 fully saturated rings. The van der Waals surface area contributed by atoms with Gasteiger partial charge in [0.1, 0.15) is 0 Å². The van der Waals surface area contributed by atoms with Crippen LogP contribution in [-0.2, 0) is 0 Å². The summed E-state index contributed by atoms with van der Waals surface area (Å²) >= 11 is 0. The van der Waals surface area contributed by atoms with Crippen molar-refractivity contribution < 1.29 is 4.92 Å². The summed E-state index contributed by atoms with van der Waals surface area (Å²) in [4.78, 5) is 10.8. The number of nitro benzene ring substituents is 1. The lowest BCUT2D eigenvalue weighted by atomic mass is 9.91. The first kappa shape index (κ1) is 12.3. The summed E-state index contributed by atoms with van der Waals surface area (Å²) in [6.07, 6.45) is 0. The van der Waals surface area contributed by atoms with Gasteiger partial charge in [-0.15, -0.1) is 0 Å². The molecule has 2 aromatic carbocycles. The number of nitrogens with zero attached hydrogens (tertiary/aromatic N) is 1. The molecular formula is C15H15NO2. The van der Waals surface area contributed by atoms with Crippen molar-refractivity contribution in [2.75, 3.05) is 0 Å². The van der Waals surface area contributed by atoms with E-state index >= 15 is 0 Å². The minimum Gasteiger partial charge on any atom is -0.258 e. The highest BCUT2D eigenvalue weighted by atomic mass is 16.6. The van der Waals surface area contributed by atoms with E-state index in [9.17, 15) is 10.1 Å². The number of nitro groups is 1. The molecule has 0 heterocycles. The van der Waals surface area contributed by atoms with Gasteiger partial charge in [-0.05, 0) is 17.0 Å². The molecule has 3 nitrogen and oxygen atoms in total. The van der Waals surface area contributed by atoms with E-state index in [0.717, 1.165) is 16.7 Å². The topological polar surface area (TPSA) is 43.1 Å². The zero-order chi connectivity index (χ0) is 13.1. The molecule has 0 spiro atoms. The summed E-state index contributed by atoms with van der Waals surface area (Å²) in [7, 11) is 0. The van der Waals surface area contributed by atoms with Gasteiger partial charge in [0, 0.05) is 11.6 Å². The van der Waals surface area contributed by atoms with Gasteiger partial charge in [0.2, 0.25) is 0 Å². The first-order valence-corrected chi connectivity index (χ1v) is 5.94. The van der Waals surface area contributed by atoms with Crippen molar-refractivity contribution in [1.29, 1.82) is 0 Å². The smallest absolute Gasteiger partial charge is 0.258 e. The quantitative estimate of drug-likeness (QED) is 0.591. The van der Waals surface area contributed by atoms with Crippen molar-refractivity contribution in [3.8, 4) is 11.1 Å². The zero-order valence-electron chi connectivity index (χ0n) is 10.5. The number of benzene rings is 2. The molecule has 2 aromatic rings. The number of hydrogen-bond donors (Lipinski definition) is 0. The van der Waals surface area contributed by atoms with Crippen LogP contribution in [0.4, 0.5) is 5.69 Å². The van der Waals surface area contributed by atoms with E-state index in [-0.39, 0.29) is 16.5 Å². The molecule has 92 valence electrons. The van der Waals surface area contributed by atoms with Crippen LogP contribution in [0.5, 0.6) is 0 Å². The van der Waals surface area contributed by atoms with E-state index in [1.807, 2.05) is 50.2 Å². The predicted octanol–water partition coefficient (Wildman–Crippen LogP) is 4.39. The molecule has 0 bridgehead atoms. The molecule has 2 rings (SSSR count). The summed E-state index contributed by atoms with van der Waals surface area (Å²) in [5.41, 5.74) is 2.96. The Balaban J connectivity index is 2.68. The van der Waals surface area contributed by atoms with Crippen LogP contribution in [-0.4, -0.2) is 4.92 Å². The summed E-state index contributed by atoms with van der Waals surface area (Å²) in [6, 6.07) is 15.0. The maximum atomic E-state index is 11.1. The fraction of sp³-hybridized carbons (Fsp3) is 0.200. The largest absolute Gasteiger partial charge is 0.273 e. The van der Waals surface area contributed by atoms with Gasteiger partial charge in [-0.2, -0.15) is 0 Å². The zero-order valence-corrected chi connectivity index (χ0v) is 10.5. The van der Waals surface area contributed by atoms with Crippen LogP contribution >= 0.6 is 0 Å². The monoisotopic (exact) mass is 241 g/mol. The molecule has 18 heavy (non-hydrogen) atoms. The van der Waals surface area contributed by atoms with Crippen LogP contribution in [0.25, 0.3) is 11.1 Å². The van der Waals surface area contributed by atoms with E-state index in [4.69, 9.17) is 0 Å². The highest BCUT2D eigenvalue weighted by Gasteiger charge is 2.20. The molecule has 0 radical (unpaired) electrons. The minimum atomic E-state index is -0.304. The molecule has 0 saturated carbocycles. The average Bonchev–Trinajstić information content (AvgIpc) is 2.38. The van der Waals surface area contributed by atoms with E-state index in [1.165, 1.54) is 0 Å².